The Morgan fingerprint density at radius 2 is 1.86 bits per heavy atom. The van der Waals surface area contributed by atoms with Crippen molar-refractivity contribution < 1.29 is 27.4 Å². The number of likely N-dealkylation sites (tertiary alicyclic amines) is 1. The molecule has 2 amide bonds. The van der Waals surface area contributed by atoms with Crippen LogP contribution in [-0.4, -0.2) is 60.9 Å². The highest BCUT2D eigenvalue weighted by Crippen LogP contribution is 2.37. The van der Waals surface area contributed by atoms with E-state index in [0.717, 1.165) is 24.8 Å². The molecule has 2 aromatic heterocycles. The maximum absolute atomic E-state index is 13.4. The van der Waals surface area contributed by atoms with Gasteiger partial charge in [-0.3, -0.25) is 14.6 Å². The molecule has 0 aliphatic carbocycles. The number of fused-ring (bicyclic) bond motifs is 1. The van der Waals surface area contributed by atoms with Crippen LogP contribution < -0.4 is 11.2 Å². The minimum atomic E-state index is -4.57. The number of anilines is 1. The number of rotatable bonds is 5. The number of halogens is 4. The van der Waals surface area contributed by atoms with E-state index in [2.05, 4.69) is 25.3 Å². The Morgan fingerprint density at radius 3 is 2.60 bits per heavy atom. The number of amides is 2. The summed E-state index contributed by atoms with van der Waals surface area (Å²) in [5, 5.41) is 2.36. The number of hydrogen-bond acceptors (Lipinski definition) is 8. The second-order valence-electron chi connectivity index (χ2n) is 9.89. The molecular weight excluding hydrogens is 587 g/mol. The first-order valence-corrected chi connectivity index (χ1v) is 13.4. The fourth-order valence-corrected chi connectivity index (χ4v) is 5.33. The molecule has 1 fully saturated rings. The molecule has 1 aromatic carbocycles. The van der Waals surface area contributed by atoms with E-state index in [-0.39, 0.29) is 32.9 Å². The van der Waals surface area contributed by atoms with Crippen LogP contribution in [0.5, 0.6) is 0 Å². The summed E-state index contributed by atoms with van der Waals surface area (Å²) in [6.45, 7) is 0.481. The van der Waals surface area contributed by atoms with Crippen molar-refractivity contribution in [1.29, 1.82) is 0 Å². The van der Waals surface area contributed by atoms with Gasteiger partial charge in [-0.15, -0.1) is 4.59 Å². The molecule has 6 rings (SSSR count). The van der Waals surface area contributed by atoms with Crippen molar-refractivity contribution in [3.05, 3.63) is 106 Å². The molecule has 0 spiro atoms. The van der Waals surface area contributed by atoms with Gasteiger partial charge in [-0.1, -0.05) is 0 Å². The van der Waals surface area contributed by atoms with E-state index >= 15 is 0 Å². The van der Waals surface area contributed by atoms with Crippen molar-refractivity contribution in [3.63, 3.8) is 0 Å². The van der Waals surface area contributed by atoms with Crippen molar-refractivity contribution in [2.75, 3.05) is 11.9 Å². The summed E-state index contributed by atoms with van der Waals surface area (Å²) in [7, 11) is 0. The average Bonchev–Trinajstić information content (AvgIpc) is 3.59. The van der Waals surface area contributed by atoms with E-state index in [1.807, 2.05) is 0 Å². The summed E-state index contributed by atoms with van der Waals surface area (Å²) in [6, 6.07) is 8.98. The number of nitrogens with zero attached hydrogens (tertiary/aromatic N) is 7. The molecule has 3 aromatic rings. The van der Waals surface area contributed by atoms with Crippen LogP contribution in [0, 0.1) is 0 Å². The molecule has 11 nitrogen and oxygen atoms in total. The van der Waals surface area contributed by atoms with E-state index in [1.54, 1.807) is 35.6 Å². The Morgan fingerprint density at radius 1 is 1.09 bits per heavy atom. The highest BCUT2D eigenvalue weighted by atomic mass is 35.5. The number of amidine groups is 1. The molecule has 3 N–H and O–H groups in total. The number of benzene rings is 1. The Hall–Kier alpha value is -4.79. The normalized spacial score (nSPS) is 21.2. The van der Waals surface area contributed by atoms with Gasteiger partial charge in [0.1, 0.15) is 23.4 Å². The van der Waals surface area contributed by atoms with Gasteiger partial charge < -0.3 is 10.2 Å². The molecule has 0 saturated carbocycles. The minimum absolute atomic E-state index is 0.0322. The van der Waals surface area contributed by atoms with Crippen molar-refractivity contribution in [3.8, 4) is 0 Å². The first-order chi connectivity index (χ1) is 20.5. The highest BCUT2D eigenvalue weighted by Gasteiger charge is 2.48. The maximum Gasteiger partial charge on any atom is 0.416 e. The third-order valence-electron chi connectivity index (χ3n) is 7.23. The van der Waals surface area contributed by atoms with Gasteiger partial charge in [-0.2, -0.15) is 24.0 Å². The standard InChI is InChI=1S/C28H21ClF3N9O2/c29-27-36-10-8-19(37-27)26(43)40-12-1-2-20(40)23-21-15-34-11-13-41(21,33)24(39-23)16-3-5-17(6-4-16)25(42)38-22-14-18(7-9-35-22)28(30,31)32/h3-11,13-15,20H,1-2,12,33H2/p+1. The molecular formula is C28H22ClF3N9O2+. The zero-order valence-electron chi connectivity index (χ0n) is 22.2. The number of aromatic nitrogens is 3. The van der Waals surface area contributed by atoms with Crippen molar-refractivity contribution in [2.24, 2.45) is 15.8 Å². The Labute approximate surface area is 247 Å². The lowest BCUT2D eigenvalue weighted by Gasteiger charge is -2.27. The molecule has 0 bridgehead atoms. The van der Waals surface area contributed by atoms with Crippen molar-refractivity contribution >= 4 is 41.3 Å². The van der Waals surface area contributed by atoms with E-state index in [4.69, 9.17) is 22.4 Å². The number of allylic oxidation sites excluding steroid dienone is 1. The van der Waals surface area contributed by atoms with Crippen LogP contribution in [0.25, 0.3) is 0 Å². The van der Waals surface area contributed by atoms with Gasteiger partial charge in [0.2, 0.25) is 11.0 Å². The number of nitrogens with one attached hydrogen (secondary N) is 1. The predicted molar refractivity (Wildman–Crippen MR) is 150 cm³/mol. The third-order valence-corrected chi connectivity index (χ3v) is 7.41. The number of pyridine rings is 1. The minimum Gasteiger partial charge on any atom is -0.328 e. The van der Waals surface area contributed by atoms with Crippen LogP contribution in [0.15, 0.2) is 88.6 Å². The number of aliphatic imine (C=N–C) groups is 2. The van der Waals surface area contributed by atoms with Gasteiger partial charge in [0, 0.05) is 24.5 Å². The van der Waals surface area contributed by atoms with Gasteiger partial charge in [-0.25, -0.2) is 15.0 Å². The molecule has 2 unspecified atom stereocenters. The van der Waals surface area contributed by atoms with Crippen LogP contribution in [-0.2, 0) is 6.18 Å². The molecule has 3 aliphatic heterocycles. The van der Waals surface area contributed by atoms with Crippen LogP contribution >= 0.6 is 11.6 Å². The molecule has 1 saturated heterocycles. The number of quaternary nitrogens is 1. The Bertz CT molecular complexity index is 1750. The molecule has 2 atom stereocenters. The molecule has 3 aliphatic rings. The summed E-state index contributed by atoms with van der Waals surface area (Å²) in [4.78, 5) is 48.7. The van der Waals surface area contributed by atoms with Gasteiger partial charge in [0.25, 0.3) is 17.6 Å². The van der Waals surface area contributed by atoms with Gasteiger partial charge in [-0.05, 0) is 66.9 Å². The second kappa shape index (κ2) is 10.8. The zero-order chi connectivity index (χ0) is 30.4. The average molecular weight is 609 g/mol. The Balaban J connectivity index is 1.27. The van der Waals surface area contributed by atoms with Gasteiger partial charge in [0.05, 0.1) is 29.6 Å². The topological polar surface area (TPSA) is 139 Å². The fraction of sp³-hybridized carbons (Fsp3) is 0.179. The summed E-state index contributed by atoms with van der Waals surface area (Å²) in [6.07, 6.45) is 4.01. The maximum atomic E-state index is 13.4. The van der Waals surface area contributed by atoms with Crippen LogP contribution in [0.1, 0.15) is 44.8 Å². The van der Waals surface area contributed by atoms with E-state index < -0.39 is 23.7 Å². The fourth-order valence-electron chi connectivity index (χ4n) is 5.18. The smallest absolute Gasteiger partial charge is 0.328 e. The largest absolute Gasteiger partial charge is 0.416 e. The van der Waals surface area contributed by atoms with Crippen LogP contribution in [0.2, 0.25) is 5.28 Å². The van der Waals surface area contributed by atoms with Crippen LogP contribution in [0.4, 0.5) is 19.0 Å². The Kier molecular flexibility index (Phi) is 7.12. The predicted octanol–water partition coefficient (Wildman–Crippen LogP) is 4.32. The zero-order valence-corrected chi connectivity index (χ0v) is 22.9. The molecule has 0 radical (unpaired) electrons. The number of alkyl halides is 3. The van der Waals surface area contributed by atoms with Gasteiger partial charge in [0.15, 0.2) is 0 Å². The van der Waals surface area contributed by atoms with Crippen molar-refractivity contribution in [2.45, 2.75) is 25.1 Å². The summed E-state index contributed by atoms with van der Waals surface area (Å²) < 4.78 is 38.8. The SMILES string of the molecule is N[N+]12C=CN=CC1=C(C1CCCN1C(=O)c1ccnc(Cl)n1)N=C2c1ccc(C(=O)Nc2cc(C(F)(F)F)ccn2)cc1. The van der Waals surface area contributed by atoms with Crippen LogP contribution in [0.3, 0.4) is 0 Å². The highest BCUT2D eigenvalue weighted by molar-refractivity contribution is 6.28. The van der Waals surface area contributed by atoms with E-state index in [9.17, 15) is 22.8 Å². The first kappa shape index (κ1) is 28.3. The quantitative estimate of drug-likeness (QED) is 0.251. The lowest BCUT2D eigenvalue weighted by molar-refractivity contribution is -0.750. The summed E-state index contributed by atoms with van der Waals surface area (Å²) >= 11 is 5.91. The lowest BCUT2D eigenvalue weighted by atomic mass is 10.1. The molecule has 15 heteroatoms. The monoisotopic (exact) mass is 608 g/mol. The third kappa shape index (κ3) is 5.31. The number of carbonyl (C=O) groups excluding carboxylic acids is 2. The number of nitrogens with two attached hydrogens (primary N) is 1. The molecule has 5 heterocycles. The second-order valence-corrected chi connectivity index (χ2v) is 10.2. The van der Waals surface area contributed by atoms with E-state index in [0.29, 0.717) is 35.8 Å². The number of hydrogen-bond donors (Lipinski definition) is 2. The first-order valence-electron chi connectivity index (χ1n) is 13.0. The number of carbonyl (C=O) groups is 2. The summed E-state index contributed by atoms with van der Waals surface area (Å²) in [5.74, 6) is 6.10. The molecule has 43 heavy (non-hydrogen) atoms. The molecule has 218 valence electrons. The van der Waals surface area contributed by atoms with E-state index in [1.165, 1.54) is 24.4 Å². The summed E-state index contributed by atoms with van der Waals surface area (Å²) in [5.41, 5.74) is 1.17. The lowest BCUT2D eigenvalue weighted by Crippen LogP contribution is -2.53. The van der Waals surface area contributed by atoms with Gasteiger partial charge >= 0.3 is 6.18 Å². The van der Waals surface area contributed by atoms with Crippen molar-refractivity contribution in [1.82, 2.24) is 19.9 Å².